The van der Waals surface area contributed by atoms with Crippen molar-refractivity contribution in [3.05, 3.63) is 60.7 Å². The first-order valence-electron chi connectivity index (χ1n) is 5.17. The summed E-state index contributed by atoms with van der Waals surface area (Å²) in [5.41, 5.74) is 0. The van der Waals surface area contributed by atoms with Gasteiger partial charge in [-0.05, 0) is 24.3 Å². The van der Waals surface area contributed by atoms with Crippen molar-refractivity contribution in [1.29, 1.82) is 0 Å². The van der Waals surface area contributed by atoms with Gasteiger partial charge in [-0.25, -0.2) is 0 Å². The van der Waals surface area contributed by atoms with E-state index < -0.39 is 7.32 Å². The van der Waals surface area contributed by atoms with Gasteiger partial charge in [-0.3, -0.25) is 0 Å². The van der Waals surface area contributed by atoms with Crippen LogP contribution in [0.1, 0.15) is 1.43 Å². The van der Waals surface area contributed by atoms with Crippen LogP contribution in [-0.2, 0) is 4.57 Å². The van der Waals surface area contributed by atoms with Gasteiger partial charge in [0.15, 0.2) is 0 Å². The van der Waals surface area contributed by atoms with Gasteiger partial charge in [0.1, 0.15) is 11.5 Å². The fourth-order valence-electron chi connectivity index (χ4n) is 1.30. The third-order valence-electron chi connectivity index (χ3n) is 2.06. The van der Waals surface area contributed by atoms with Crippen LogP contribution in [0.2, 0.25) is 0 Å². The maximum absolute atomic E-state index is 5.40. The van der Waals surface area contributed by atoms with Gasteiger partial charge in [-0.2, -0.15) is 0 Å². The molecule has 6 heteroatoms. The van der Waals surface area contributed by atoms with Crippen LogP contribution in [-0.4, -0.2) is 15.4 Å². The maximum atomic E-state index is 5.40. The molecule has 0 heterocycles. The molecule has 0 amide bonds. The van der Waals surface area contributed by atoms with Crippen LogP contribution < -0.4 is 28.2 Å². The molecule has 0 spiro atoms. The van der Waals surface area contributed by atoms with E-state index in [0.717, 1.165) is 0 Å². The van der Waals surface area contributed by atoms with E-state index in [1.165, 1.54) is 0 Å². The minimum absolute atomic E-state index is 0. The molecule has 0 aliphatic rings. The van der Waals surface area contributed by atoms with Crippen molar-refractivity contribution in [2.75, 3.05) is 0 Å². The summed E-state index contributed by atoms with van der Waals surface area (Å²) >= 11 is 0. The standard InChI is InChI=1S/C12H10B2O3.Li.H/c13-17-14(15-11-7-3-1-4-8-11)16-12-9-5-2-6-10-12;;/h1-10H;;/q;+1;-1. The molecule has 0 aliphatic carbocycles. The van der Waals surface area contributed by atoms with Gasteiger partial charge in [0.25, 0.3) is 8.05 Å². The summed E-state index contributed by atoms with van der Waals surface area (Å²) in [5.74, 6) is 1.25. The monoisotopic (exact) mass is 232 g/mol. The molecule has 0 aromatic heterocycles. The van der Waals surface area contributed by atoms with Crippen molar-refractivity contribution >= 4 is 15.4 Å². The van der Waals surface area contributed by atoms with Crippen molar-refractivity contribution < 1.29 is 34.2 Å². The van der Waals surface area contributed by atoms with Crippen LogP contribution >= 0.6 is 0 Å². The second kappa shape index (κ2) is 7.94. The van der Waals surface area contributed by atoms with Crippen LogP contribution in [0.3, 0.4) is 0 Å². The molecule has 0 aliphatic heterocycles. The van der Waals surface area contributed by atoms with Crippen molar-refractivity contribution in [3.8, 4) is 11.5 Å². The Labute approximate surface area is 122 Å². The molecule has 0 N–H and O–H groups in total. The van der Waals surface area contributed by atoms with Gasteiger partial charge in [0.05, 0.1) is 0 Å². The Balaban J connectivity index is 0.00000162. The van der Waals surface area contributed by atoms with Gasteiger partial charge in [-0.1, -0.05) is 36.4 Å². The van der Waals surface area contributed by atoms with Crippen LogP contribution in [0.25, 0.3) is 0 Å². The van der Waals surface area contributed by atoms with Crippen LogP contribution in [0, 0.1) is 0 Å². The second-order valence-electron chi connectivity index (χ2n) is 3.29. The first-order valence-corrected chi connectivity index (χ1v) is 5.17. The smallest absolute Gasteiger partial charge is 1.00 e. The van der Waals surface area contributed by atoms with Gasteiger partial charge in [0.2, 0.25) is 0 Å². The predicted octanol–water partition coefficient (Wildman–Crippen LogP) is -0.654. The topological polar surface area (TPSA) is 27.7 Å². The summed E-state index contributed by atoms with van der Waals surface area (Å²) in [5, 5.41) is 0. The van der Waals surface area contributed by atoms with Crippen molar-refractivity contribution in [2.45, 2.75) is 0 Å². The van der Waals surface area contributed by atoms with Crippen molar-refractivity contribution in [1.82, 2.24) is 0 Å². The van der Waals surface area contributed by atoms with Gasteiger partial charge < -0.3 is 15.3 Å². The molecule has 2 aromatic carbocycles. The third-order valence-corrected chi connectivity index (χ3v) is 2.06. The first kappa shape index (κ1) is 14.8. The molecule has 2 radical (unpaired) electrons. The van der Waals surface area contributed by atoms with E-state index in [-0.39, 0.29) is 20.3 Å². The minimum Gasteiger partial charge on any atom is -1.00 e. The molecule has 0 atom stereocenters. The van der Waals surface area contributed by atoms with Crippen LogP contribution in [0.5, 0.6) is 11.5 Å². The molecular formula is C12H11B2LiO3. The Kier molecular flexibility index (Phi) is 6.52. The van der Waals surface area contributed by atoms with Crippen LogP contribution in [0.4, 0.5) is 0 Å². The third kappa shape index (κ3) is 4.54. The molecule has 0 fully saturated rings. The number of benzene rings is 2. The zero-order chi connectivity index (χ0) is 11.9. The summed E-state index contributed by atoms with van der Waals surface area (Å²) < 4.78 is 15.4. The minimum atomic E-state index is -0.972. The normalized spacial score (nSPS) is 9.11. The number of rotatable bonds is 5. The van der Waals surface area contributed by atoms with Gasteiger partial charge >= 0.3 is 26.2 Å². The summed E-state index contributed by atoms with van der Waals surface area (Å²) in [6.07, 6.45) is 0. The Morgan fingerprint density at radius 3 is 1.50 bits per heavy atom. The van der Waals surface area contributed by atoms with E-state index in [2.05, 4.69) is 4.57 Å². The SMILES string of the molecule is [B]OB(Oc1ccccc1)Oc1ccccc1.[H-].[Li+]. The fraction of sp³-hybridized carbons (Fsp3) is 0. The Hall–Kier alpha value is -1.27. The molecule has 18 heavy (non-hydrogen) atoms. The summed E-state index contributed by atoms with van der Waals surface area (Å²) in [6, 6.07) is 18.4. The van der Waals surface area contributed by atoms with Gasteiger partial charge in [-0.15, -0.1) is 0 Å². The average Bonchev–Trinajstić information content (AvgIpc) is 2.40. The molecular weight excluding hydrogens is 221 g/mol. The predicted molar refractivity (Wildman–Crippen MR) is 67.8 cm³/mol. The zero-order valence-corrected chi connectivity index (χ0v) is 10.2. The fourth-order valence-corrected chi connectivity index (χ4v) is 1.30. The number of para-hydroxylation sites is 2. The molecule has 0 saturated carbocycles. The summed E-state index contributed by atoms with van der Waals surface area (Å²) in [6.45, 7) is 0. The molecule has 0 saturated heterocycles. The zero-order valence-electron chi connectivity index (χ0n) is 11.2. The average molecular weight is 232 g/mol. The van der Waals surface area contributed by atoms with E-state index in [4.69, 9.17) is 17.4 Å². The molecule has 0 unspecified atom stereocenters. The second-order valence-corrected chi connectivity index (χ2v) is 3.29. The Bertz CT molecular complexity index is 406. The van der Waals surface area contributed by atoms with E-state index in [9.17, 15) is 0 Å². The van der Waals surface area contributed by atoms with Crippen molar-refractivity contribution in [3.63, 3.8) is 0 Å². The molecule has 3 nitrogen and oxygen atoms in total. The molecule has 0 bridgehead atoms. The van der Waals surface area contributed by atoms with Crippen molar-refractivity contribution in [2.24, 2.45) is 0 Å². The van der Waals surface area contributed by atoms with E-state index >= 15 is 0 Å². The summed E-state index contributed by atoms with van der Waals surface area (Å²) in [7, 11) is 4.15. The largest absolute Gasteiger partial charge is 1.00 e. The van der Waals surface area contributed by atoms with E-state index in [0.29, 0.717) is 11.5 Å². The van der Waals surface area contributed by atoms with Crippen LogP contribution in [0.15, 0.2) is 60.7 Å². The Morgan fingerprint density at radius 2 is 1.17 bits per heavy atom. The van der Waals surface area contributed by atoms with E-state index in [1.54, 1.807) is 24.3 Å². The quantitative estimate of drug-likeness (QED) is 0.640. The number of hydrogen-bond donors (Lipinski definition) is 0. The first-order chi connectivity index (χ1) is 8.38. The molecule has 84 valence electrons. The Morgan fingerprint density at radius 1 is 0.778 bits per heavy atom. The molecule has 2 rings (SSSR count). The number of hydrogen-bond acceptors (Lipinski definition) is 3. The maximum Gasteiger partial charge on any atom is 1.00 e. The summed E-state index contributed by atoms with van der Waals surface area (Å²) in [4.78, 5) is 0. The van der Waals surface area contributed by atoms with Gasteiger partial charge in [0, 0.05) is 0 Å². The van der Waals surface area contributed by atoms with E-state index in [1.807, 2.05) is 36.4 Å². The molecule has 2 aromatic rings.